The van der Waals surface area contributed by atoms with E-state index in [9.17, 15) is 14.4 Å². The Balaban J connectivity index is 1.34. The molecule has 7 nitrogen and oxygen atoms in total. The fourth-order valence-corrected chi connectivity index (χ4v) is 5.19. The Morgan fingerprint density at radius 1 is 1.13 bits per heavy atom. The second-order valence-corrected chi connectivity index (χ2v) is 8.94. The van der Waals surface area contributed by atoms with Gasteiger partial charge in [-0.2, -0.15) is 16.3 Å². The fourth-order valence-electron chi connectivity index (χ4n) is 4.56. The van der Waals surface area contributed by atoms with E-state index in [1.54, 1.807) is 6.20 Å². The van der Waals surface area contributed by atoms with Crippen molar-refractivity contribution in [3.05, 3.63) is 86.2 Å². The van der Waals surface area contributed by atoms with E-state index in [0.717, 1.165) is 18.4 Å². The van der Waals surface area contributed by atoms with Gasteiger partial charge in [-0.25, -0.2) is 0 Å². The van der Waals surface area contributed by atoms with Crippen LogP contribution in [0, 0.1) is 0 Å². The van der Waals surface area contributed by atoms with Gasteiger partial charge < -0.3 is 14.8 Å². The number of likely N-dealkylation sites (tertiary alicyclic amines) is 1. The summed E-state index contributed by atoms with van der Waals surface area (Å²) in [5.41, 5.74) is 0.895. The third kappa shape index (κ3) is 3.57. The van der Waals surface area contributed by atoms with E-state index >= 15 is 0 Å². The van der Waals surface area contributed by atoms with E-state index in [1.807, 2.05) is 56.6 Å². The highest BCUT2D eigenvalue weighted by Crippen LogP contribution is 2.41. The highest BCUT2D eigenvalue weighted by Gasteiger charge is 2.47. The van der Waals surface area contributed by atoms with Crippen LogP contribution < -0.4 is 10.9 Å². The Labute approximate surface area is 183 Å². The summed E-state index contributed by atoms with van der Waals surface area (Å²) >= 11 is 1.50. The number of amides is 2. The quantitative estimate of drug-likeness (QED) is 0.684. The van der Waals surface area contributed by atoms with E-state index in [2.05, 4.69) is 10.3 Å². The molecule has 2 aliphatic rings. The van der Waals surface area contributed by atoms with Crippen LogP contribution >= 0.6 is 11.3 Å². The van der Waals surface area contributed by atoms with Crippen LogP contribution in [0.5, 0.6) is 0 Å². The van der Waals surface area contributed by atoms with Crippen LogP contribution in [0.4, 0.5) is 0 Å². The maximum atomic E-state index is 12.8. The smallest absolute Gasteiger partial charge is 0.285 e. The molecule has 5 rings (SSSR count). The van der Waals surface area contributed by atoms with Gasteiger partial charge in [0, 0.05) is 43.2 Å². The molecular formula is C23H22N4O3S. The van der Waals surface area contributed by atoms with Crippen molar-refractivity contribution >= 4 is 23.2 Å². The van der Waals surface area contributed by atoms with Crippen LogP contribution in [0.25, 0.3) is 0 Å². The summed E-state index contributed by atoms with van der Waals surface area (Å²) in [4.78, 5) is 44.3. The van der Waals surface area contributed by atoms with E-state index < -0.39 is 11.5 Å². The molecule has 2 amide bonds. The minimum atomic E-state index is -0.513. The van der Waals surface area contributed by atoms with Crippen molar-refractivity contribution in [3.63, 3.8) is 0 Å². The third-order valence-electron chi connectivity index (χ3n) is 6.25. The summed E-state index contributed by atoms with van der Waals surface area (Å²) in [5, 5.41) is 6.56. The Morgan fingerprint density at radius 2 is 1.94 bits per heavy atom. The lowest BCUT2D eigenvalue weighted by Gasteiger charge is -2.23. The van der Waals surface area contributed by atoms with Crippen molar-refractivity contribution in [1.29, 1.82) is 0 Å². The molecule has 0 radical (unpaired) electrons. The second-order valence-electron chi connectivity index (χ2n) is 8.16. The van der Waals surface area contributed by atoms with Gasteiger partial charge in [-0.1, -0.05) is 30.3 Å². The maximum Gasteiger partial charge on any atom is 0.285 e. The van der Waals surface area contributed by atoms with Crippen molar-refractivity contribution < 1.29 is 9.59 Å². The first-order valence-corrected chi connectivity index (χ1v) is 11.3. The molecule has 31 heavy (non-hydrogen) atoms. The lowest BCUT2D eigenvalue weighted by molar-refractivity contribution is 0.0783. The Morgan fingerprint density at radius 3 is 2.71 bits per heavy atom. The number of carbonyl (C=O) groups is 2. The molecule has 2 aliphatic heterocycles. The summed E-state index contributed by atoms with van der Waals surface area (Å²) in [5.74, 6) is 0.298. The summed E-state index contributed by atoms with van der Waals surface area (Å²) < 4.78 is 1.91. The zero-order chi connectivity index (χ0) is 21.4. The lowest BCUT2D eigenvalue weighted by Crippen LogP contribution is -2.36. The molecule has 0 bridgehead atoms. The highest BCUT2D eigenvalue weighted by atomic mass is 32.1. The van der Waals surface area contributed by atoms with Gasteiger partial charge in [-0.3, -0.25) is 14.4 Å². The number of nitrogens with one attached hydrogen (secondary N) is 1. The van der Waals surface area contributed by atoms with Gasteiger partial charge in [-0.15, -0.1) is 0 Å². The van der Waals surface area contributed by atoms with Gasteiger partial charge in [0.1, 0.15) is 11.4 Å². The topological polar surface area (TPSA) is 84.3 Å². The SMILES string of the molecule is O=C(NCc1ccccc1)c1cn2c(nc1=O)C1(CCN(C(=O)c3ccsc3)C1)CC2. The molecule has 1 N–H and O–H groups in total. The minimum Gasteiger partial charge on any atom is -0.348 e. The molecule has 1 atom stereocenters. The Hall–Kier alpha value is -3.26. The third-order valence-corrected chi connectivity index (χ3v) is 6.93. The van der Waals surface area contributed by atoms with Gasteiger partial charge in [0.15, 0.2) is 0 Å². The first kappa shape index (κ1) is 19.7. The zero-order valence-corrected chi connectivity index (χ0v) is 17.7. The number of hydrogen-bond donors (Lipinski definition) is 1. The number of rotatable bonds is 4. The molecule has 8 heteroatoms. The molecule has 1 aromatic carbocycles. The molecule has 3 aromatic rings. The van der Waals surface area contributed by atoms with Gasteiger partial charge in [0.05, 0.1) is 5.56 Å². The monoisotopic (exact) mass is 434 g/mol. The van der Waals surface area contributed by atoms with Crippen molar-refractivity contribution in [2.24, 2.45) is 0 Å². The van der Waals surface area contributed by atoms with E-state index in [-0.39, 0.29) is 16.9 Å². The Kier molecular flexibility index (Phi) is 4.94. The molecule has 4 heterocycles. The number of hydrogen-bond acceptors (Lipinski definition) is 5. The second kappa shape index (κ2) is 7.77. The summed E-state index contributed by atoms with van der Waals surface area (Å²) in [6.45, 7) is 2.23. The predicted molar refractivity (Wildman–Crippen MR) is 117 cm³/mol. The van der Waals surface area contributed by atoms with E-state index in [4.69, 9.17) is 0 Å². The van der Waals surface area contributed by atoms with Crippen LogP contribution in [0.3, 0.4) is 0 Å². The largest absolute Gasteiger partial charge is 0.348 e. The Bertz CT molecular complexity index is 1190. The number of nitrogens with zero attached hydrogens (tertiary/aromatic N) is 3. The summed E-state index contributed by atoms with van der Waals surface area (Å²) in [7, 11) is 0. The number of aryl methyl sites for hydroxylation is 1. The average Bonchev–Trinajstić information content (AvgIpc) is 3.54. The van der Waals surface area contributed by atoms with Crippen LogP contribution in [-0.4, -0.2) is 39.4 Å². The molecule has 158 valence electrons. The van der Waals surface area contributed by atoms with Crippen molar-refractivity contribution in [3.8, 4) is 0 Å². The van der Waals surface area contributed by atoms with Crippen LogP contribution in [0.1, 0.15) is 44.9 Å². The molecule has 2 aromatic heterocycles. The molecule has 0 aliphatic carbocycles. The van der Waals surface area contributed by atoms with Gasteiger partial charge in [0.2, 0.25) is 0 Å². The minimum absolute atomic E-state index is 0.0239. The standard InChI is InChI=1S/C23H22N4O3S/c28-19(24-12-16-4-2-1-3-5-16)18-13-26-9-7-23(22(26)25-20(18)29)8-10-27(15-23)21(30)17-6-11-31-14-17/h1-6,11,13-14H,7-10,12,15H2,(H,24,28). The zero-order valence-electron chi connectivity index (χ0n) is 16.9. The highest BCUT2D eigenvalue weighted by molar-refractivity contribution is 7.08. The number of fused-ring (bicyclic) bond motifs is 2. The van der Waals surface area contributed by atoms with Gasteiger partial charge in [0.25, 0.3) is 17.4 Å². The van der Waals surface area contributed by atoms with Crippen molar-refractivity contribution in [1.82, 2.24) is 19.8 Å². The van der Waals surface area contributed by atoms with Gasteiger partial charge in [-0.05, 0) is 29.9 Å². The molecule has 1 unspecified atom stereocenters. The fraction of sp³-hybridized carbons (Fsp3) is 0.304. The van der Waals surface area contributed by atoms with Crippen LogP contribution in [-0.2, 0) is 18.5 Å². The molecule has 1 spiro atoms. The number of thiophene rings is 1. The summed E-state index contributed by atoms with van der Waals surface area (Å²) in [6, 6.07) is 11.4. The lowest BCUT2D eigenvalue weighted by atomic mass is 9.85. The summed E-state index contributed by atoms with van der Waals surface area (Å²) in [6.07, 6.45) is 3.21. The molecular weight excluding hydrogens is 412 g/mol. The molecule has 1 fully saturated rings. The normalized spacial score (nSPS) is 19.5. The molecule has 0 saturated carbocycles. The van der Waals surface area contributed by atoms with Crippen molar-refractivity contribution in [2.45, 2.75) is 31.3 Å². The predicted octanol–water partition coefficient (Wildman–Crippen LogP) is 2.42. The average molecular weight is 435 g/mol. The van der Waals surface area contributed by atoms with E-state index in [0.29, 0.717) is 37.6 Å². The van der Waals surface area contributed by atoms with Crippen LogP contribution in [0.2, 0.25) is 0 Å². The maximum absolute atomic E-state index is 12.8. The van der Waals surface area contributed by atoms with Gasteiger partial charge >= 0.3 is 0 Å². The van der Waals surface area contributed by atoms with E-state index in [1.165, 1.54) is 11.3 Å². The number of carbonyl (C=O) groups excluding carboxylic acids is 2. The first-order chi connectivity index (χ1) is 15.1. The number of benzene rings is 1. The number of aromatic nitrogens is 2. The first-order valence-electron chi connectivity index (χ1n) is 10.3. The van der Waals surface area contributed by atoms with Crippen LogP contribution in [0.15, 0.2) is 58.1 Å². The van der Waals surface area contributed by atoms with Crippen molar-refractivity contribution in [2.75, 3.05) is 13.1 Å². The molecule has 1 saturated heterocycles.